The summed E-state index contributed by atoms with van der Waals surface area (Å²) in [6, 6.07) is 13.8. The molecule has 1 N–H and O–H groups in total. The molecule has 1 aromatic heterocycles. The SMILES string of the molecule is CN(C)C(=O)CCc1cccc(Nc2ccccn2)c1. The van der Waals surface area contributed by atoms with Crippen LogP contribution in [0.1, 0.15) is 12.0 Å². The van der Waals surface area contributed by atoms with Crippen LogP contribution in [0.4, 0.5) is 11.5 Å². The molecule has 104 valence electrons. The summed E-state index contributed by atoms with van der Waals surface area (Å²) >= 11 is 0. The van der Waals surface area contributed by atoms with Crippen molar-refractivity contribution in [2.24, 2.45) is 0 Å². The summed E-state index contributed by atoms with van der Waals surface area (Å²) in [5.41, 5.74) is 2.12. The number of benzene rings is 1. The van der Waals surface area contributed by atoms with Gasteiger partial charge in [-0.05, 0) is 36.2 Å². The molecule has 0 bridgehead atoms. The number of nitrogens with one attached hydrogen (secondary N) is 1. The van der Waals surface area contributed by atoms with Crippen molar-refractivity contribution in [3.8, 4) is 0 Å². The molecular weight excluding hydrogens is 250 g/mol. The van der Waals surface area contributed by atoms with Gasteiger partial charge in [-0.3, -0.25) is 4.79 Å². The quantitative estimate of drug-likeness (QED) is 0.907. The maximum absolute atomic E-state index is 11.6. The summed E-state index contributed by atoms with van der Waals surface area (Å²) in [5, 5.41) is 3.25. The van der Waals surface area contributed by atoms with Gasteiger partial charge in [-0.2, -0.15) is 0 Å². The van der Waals surface area contributed by atoms with E-state index in [0.29, 0.717) is 6.42 Å². The summed E-state index contributed by atoms with van der Waals surface area (Å²) in [6.45, 7) is 0. The van der Waals surface area contributed by atoms with E-state index < -0.39 is 0 Å². The van der Waals surface area contributed by atoms with Crippen LogP contribution in [0, 0.1) is 0 Å². The highest BCUT2D eigenvalue weighted by molar-refractivity contribution is 5.75. The second-order valence-corrected chi connectivity index (χ2v) is 4.83. The third kappa shape index (κ3) is 4.09. The Kier molecular flexibility index (Phi) is 4.71. The van der Waals surface area contributed by atoms with Crippen LogP contribution in [0.3, 0.4) is 0 Å². The van der Waals surface area contributed by atoms with Crippen molar-refractivity contribution in [3.63, 3.8) is 0 Å². The molecule has 0 saturated carbocycles. The van der Waals surface area contributed by atoms with E-state index in [4.69, 9.17) is 0 Å². The molecule has 0 aliphatic heterocycles. The lowest BCUT2D eigenvalue weighted by molar-refractivity contribution is -0.128. The van der Waals surface area contributed by atoms with Crippen LogP contribution < -0.4 is 5.32 Å². The van der Waals surface area contributed by atoms with E-state index in [1.807, 2.05) is 36.4 Å². The van der Waals surface area contributed by atoms with Crippen LogP contribution in [0.15, 0.2) is 48.7 Å². The smallest absolute Gasteiger partial charge is 0.222 e. The first-order valence-electron chi connectivity index (χ1n) is 6.62. The fraction of sp³-hybridized carbons (Fsp3) is 0.250. The molecule has 0 atom stereocenters. The van der Waals surface area contributed by atoms with Gasteiger partial charge in [0, 0.05) is 32.4 Å². The van der Waals surface area contributed by atoms with Gasteiger partial charge in [-0.1, -0.05) is 18.2 Å². The Morgan fingerprint density at radius 2 is 2.05 bits per heavy atom. The molecule has 2 aromatic rings. The minimum absolute atomic E-state index is 0.146. The highest BCUT2D eigenvalue weighted by atomic mass is 16.2. The first-order chi connectivity index (χ1) is 9.65. The lowest BCUT2D eigenvalue weighted by Crippen LogP contribution is -2.21. The van der Waals surface area contributed by atoms with Crippen LogP contribution in [0.25, 0.3) is 0 Å². The summed E-state index contributed by atoms with van der Waals surface area (Å²) in [4.78, 5) is 17.4. The van der Waals surface area contributed by atoms with E-state index in [0.717, 1.165) is 23.5 Å². The monoisotopic (exact) mass is 269 g/mol. The zero-order chi connectivity index (χ0) is 14.4. The normalized spacial score (nSPS) is 10.1. The Labute approximate surface area is 119 Å². The number of nitrogens with zero attached hydrogens (tertiary/aromatic N) is 2. The van der Waals surface area contributed by atoms with Gasteiger partial charge in [-0.15, -0.1) is 0 Å². The maximum Gasteiger partial charge on any atom is 0.222 e. The molecule has 0 unspecified atom stereocenters. The van der Waals surface area contributed by atoms with Crippen LogP contribution in [-0.2, 0) is 11.2 Å². The van der Waals surface area contributed by atoms with Crippen LogP contribution in [0.5, 0.6) is 0 Å². The average Bonchev–Trinajstić information content (AvgIpc) is 2.46. The van der Waals surface area contributed by atoms with Crippen molar-refractivity contribution in [3.05, 3.63) is 54.2 Å². The molecule has 2 rings (SSSR count). The Hall–Kier alpha value is -2.36. The van der Waals surface area contributed by atoms with Crippen molar-refractivity contribution in [2.75, 3.05) is 19.4 Å². The topological polar surface area (TPSA) is 45.2 Å². The highest BCUT2D eigenvalue weighted by Crippen LogP contribution is 2.16. The first kappa shape index (κ1) is 14.1. The number of anilines is 2. The Morgan fingerprint density at radius 1 is 1.20 bits per heavy atom. The standard InChI is InChI=1S/C16H19N3O/c1-19(2)16(20)10-9-13-6-5-7-14(12-13)18-15-8-3-4-11-17-15/h3-8,11-12H,9-10H2,1-2H3,(H,17,18). The highest BCUT2D eigenvalue weighted by Gasteiger charge is 2.04. The second-order valence-electron chi connectivity index (χ2n) is 4.83. The third-order valence-electron chi connectivity index (χ3n) is 2.99. The van der Waals surface area contributed by atoms with Crippen LogP contribution in [-0.4, -0.2) is 29.9 Å². The predicted molar refractivity (Wildman–Crippen MR) is 81.0 cm³/mol. The lowest BCUT2D eigenvalue weighted by Gasteiger charge is -2.11. The molecule has 0 spiro atoms. The van der Waals surface area contributed by atoms with Crippen molar-refractivity contribution in [1.82, 2.24) is 9.88 Å². The van der Waals surface area contributed by atoms with E-state index in [1.54, 1.807) is 25.2 Å². The molecule has 0 aliphatic carbocycles. The van der Waals surface area contributed by atoms with E-state index in [9.17, 15) is 4.79 Å². The number of hydrogen-bond donors (Lipinski definition) is 1. The molecule has 0 saturated heterocycles. The number of carbonyl (C=O) groups excluding carboxylic acids is 1. The minimum Gasteiger partial charge on any atom is -0.349 e. The van der Waals surface area contributed by atoms with Gasteiger partial charge in [0.2, 0.25) is 5.91 Å². The second kappa shape index (κ2) is 6.70. The summed E-state index contributed by atoms with van der Waals surface area (Å²) in [6.07, 6.45) is 3.02. The van der Waals surface area contributed by atoms with Gasteiger partial charge in [0.25, 0.3) is 0 Å². The van der Waals surface area contributed by atoms with Gasteiger partial charge < -0.3 is 10.2 Å². The predicted octanol–water partition coefficient (Wildman–Crippen LogP) is 2.85. The van der Waals surface area contributed by atoms with Gasteiger partial charge in [-0.25, -0.2) is 4.98 Å². The Balaban J connectivity index is 1.99. The molecule has 1 aromatic carbocycles. The van der Waals surface area contributed by atoms with Crippen molar-refractivity contribution < 1.29 is 4.79 Å². The van der Waals surface area contributed by atoms with Crippen molar-refractivity contribution in [2.45, 2.75) is 12.8 Å². The molecule has 4 heteroatoms. The fourth-order valence-electron chi connectivity index (χ4n) is 1.86. The largest absolute Gasteiger partial charge is 0.349 e. The number of rotatable bonds is 5. The zero-order valence-electron chi connectivity index (χ0n) is 11.8. The number of aromatic nitrogens is 1. The fourth-order valence-corrected chi connectivity index (χ4v) is 1.86. The van der Waals surface area contributed by atoms with Gasteiger partial charge in [0.05, 0.1) is 0 Å². The Morgan fingerprint density at radius 3 is 2.75 bits per heavy atom. The summed E-state index contributed by atoms with van der Waals surface area (Å²) in [7, 11) is 3.56. The zero-order valence-corrected chi connectivity index (χ0v) is 11.8. The first-order valence-corrected chi connectivity index (χ1v) is 6.62. The summed E-state index contributed by atoms with van der Waals surface area (Å²) in [5.74, 6) is 0.960. The molecular formula is C16H19N3O. The number of pyridine rings is 1. The molecule has 20 heavy (non-hydrogen) atoms. The van der Waals surface area contributed by atoms with E-state index in [1.165, 1.54) is 0 Å². The number of carbonyl (C=O) groups is 1. The molecule has 0 radical (unpaired) electrons. The van der Waals surface area contributed by atoms with E-state index >= 15 is 0 Å². The van der Waals surface area contributed by atoms with Gasteiger partial charge in [0.1, 0.15) is 5.82 Å². The maximum atomic E-state index is 11.6. The van der Waals surface area contributed by atoms with E-state index in [2.05, 4.69) is 16.4 Å². The van der Waals surface area contributed by atoms with Gasteiger partial charge >= 0.3 is 0 Å². The van der Waals surface area contributed by atoms with Crippen LogP contribution >= 0.6 is 0 Å². The number of hydrogen-bond acceptors (Lipinski definition) is 3. The third-order valence-corrected chi connectivity index (χ3v) is 2.99. The summed E-state index contributed by atoms with van der Waals surface area (Å²) < 4.78 is 0. The molecule has 4 nitrogen and oxygen atoms in total. The molecule has 1 amide bonds. The number of amides is 1. The van der Waals surface area contributed by atoms with E-state index in [-0.39, 0.29) is 5.91 Å². The van der Waals surface area contributed by atoms with Crippen molar-refractivity contribution >= 4 is 17.4 Å². The van der Waals surface area contributed by atoms with Gasteiger partial charge in [0.15, 0.2) is 0 Å². The lowest BCUT2D eigenvalue weighted by atomic mass is 10.1. The van der Waals surface area contributed by atoms with Crippen LogP contribution in [0.2, 0.25) is 0 Å². The number of aryl methyl sites for hydroxylation is 1. The molecule has 0 fully saturated rings. The van der Waals surface area contributed by atoms with Crippen molar-refractivity contribution in [1.29, 1.82) is 0 Å². The molecule has 1 heterocycles. The molecule has 0 aliphatic rings. The minimum atomic E-state index is 0.146. The average molecular weight is 269 g/mol. The Bertz CT molecular complexity index is 567.